The van der Waals surface area contributed by atoms with Crippen LogP contribution in [0.25, 0.3) is 83.1 Å². The third-order valence-corrected chi connectivity index (χ3v) is 10.3. The first kappa shape index (κ1) is 28.0. The topological polar surface area (TPSA) is 34.2 Å². The van der Waals surface area contributed by atoms with Gasteiger partial charge in [-0.1, -0.05) is 121 Å². The quantitative estimate of drug-likeness (QED) is 0.191. The Morgan fingerprint density at radius 2 is 1.12 bits per heavy atom. The highest BCUT2D eigenvalue weighted by atomic mass is 16.3. The molecule has 0 N–H and O–H groups in total. The Morgan fingerprint density at radius 3 is 1.98 bits per heavy atom. The van der Waals surface area contributed by atoms with E-state index < -0.39 is 0 Å². The minimum absolute atomic E-state index is 0.654. The SMILES string of the molecule is c1ccc(-n2c3c(c4ccccc42)-c2ccccc2N(c2cccc(-c4c5ccccc5nc5oc6ccccc6c45)c2)c2ccccc2-3)cc1. The Morgan fingerprint density at radius 1 is 0.471 bits per heavy atom. The van der Waals surface area contributed by atoms with Crippen LogP contribution in [0.5, 0.6) is 0 Å². The summed E-state index contributed by atoms with van der Waals surface area (Å²) in [6.45, 7) is 0. The normalized spacial score (nSPS) is 12.3. The average Bonchev–Trinajstić information content (AvgIpc) is 3.70. The molecule has 0 aliphatic carbocycles. The highest BCUT2D eigenvalue weighted by Crippen LogP contribution is 2.54. The molecule has 1 aliphatic heterocycles. The van der Waals surface area contributed by atoms with E-state index in [-0.39, 0.29) is 0 Å². The van der Waals surface area contributed by atoms with E-state index >= 15 is 0 Å². The summed E-state index contributed by atoms with van der Waals surface area (Å²) in [6, 6.07) is 62.8. The molecule has 0 radical (unpaired) electrons. The van der Waals surface area contributed by atoms with Gasteiger partial charge in [0.15, 0.2) is 0 Å². The Balaban J connectivity index is 1.22. The Kier molecular flexibility index (Phi) is 5.92. The Labute approximate surface area is 294 Å². The minimum atomic E-state index is 0.654. The van der Waals surface area contributed by atoms with Crippen LogP contribution in [0.15, 0.2) is 180 Å². The summed E-state index contributed by atoms with van der Waals surface area (Å²) >= 11 is 0. The number of rotatable bonds is 3. The molecule has 4 heterocycles. The summed E-state index contributed by atoms with van der Waals surface area (Å²) < 4.78 is 8.80. The van der Waals surface area contributed by atoms with Crippen LogP contribution < -0.4 is 4.90 Å². The van der Waals surface area contributed by atoms with E-state index in [0.717, 1.165) is 61.1 Å². The number of furan rings is 1. The maximum atomic E-state index is 6.36. The van der Waals surface area contributed by atoms with Gasteiger partial charge in [0.05, 0.1) is 33.5 Å². The molecule has 0 amide bonds. The maximum Gasteiger partial charge on any atom is 0.228 e. The number of fused-ring (bicyclic) bond motifs is 11. The molecule has 51 heavy (non-hydrogen) atoms. The van der Waals surface area contributed by atoms with Gasteiger partial charge >= 0.3 is 0 Å². The van der Waals surface area contributed by atoms with Gasteiger partial charge in [-0.05, 0) is 60.2 Å². The van der Waals surface area contributed by atoms with Crippen molar-refractivity contribution in [1.29, 1.82) is 0 Å². The van der Waals surface area contributed by atoms with Crippen molar-refractivity contribution in [2.24, 2.45) is 0 Å². The van der Waals surface area contributed by atoms with Crippen LogP contribution in [0.1, 0.15) is 0 Å². The standard InChI is InChI=1S/C47H29N3O/c1-2-16-31(17-3-1)50-40-26-11-6-21-35(40)44-34-20-5-10-25-39(34)49(41-27-12-7-22-36(41)46(44)50)32-18-14-15-30(29-32)43-33-19-4-9-24-38(33)48-47-45(43)37-23-8-13-28-42(37)51-47/h1-29H. The van der Waals surface area contributed by atoms with Crippen molar-refractivity contribution in [2.75, 3.05) is 4.90 Å². The molecule has 0 atom stereocenters. The number of hydrogen-bond donors (Lipinski definition) is 0. The molecule has 0 bridgehead atoms. The lowest BCUT2D eigenvalue weighted by Crippen LogP contribution is -2.11. The minimum Gasteiger partial charge on any atom is -0.438 e. The second-order valence-corrected chi connectivity index (χ2v) is 13.1. The van der Waals surface area contributed by atoms with Gasteiger partial charge in [-0.2, -0.15) is 0 Å². The molecule has 0 saturated heterocycles. The van der Waals surface area contributed by atoms with E-state index in [1.807, 2.05) is 18.2 Å². The zero-order valence-corrected chi connectivity index (χ0v) is 27.5. The summed E-state index contributed by atoms with van der Waals surface area (Å²) in [7, 11) is 0. The number of anilines is 3. The third kappa shape index (κ3) is 4.05. The van der Waals surface area contributed by atoms with Crippen LogP contribution in [0.3, 0.4) is 0 Å². The predicted molar refractivity (Wildman–Crippen MR) is 210 cm³/mol. The van der Waals surface area contributed by atoms with Gasteiger partial charge in [0.25, 0.3) is 0 Å². The third-order valence-electron chi connectivity index (χ3n) is 10.3. The lowest BCUT2D eigenvalue weighted by molar-refractivity contribution is 0.656. The molecule has 11 rings (SSSR count). The Bertz CT molecular complexity index is 2990. The summed E-state index contributed by atoms with van der Waals surface area (Å²) in [5.74, 6) is 0. The second-order valence-electron chi connectivity index (χ2n) is 13.1. The van der Waals surface area contributed by atoms with Crippen LogP contribution in [0.4, 0.5) is 17.1 Å². The van der Waals surface area contributed by atoms with Gasteiger partial charge in [0.1, 0.15) is 5.58 Å². The van der Waals surface area contributed by atoms with E-state index in [9.17, 15) is 0 Å². The zero-order chi connectivity index (χ0) is 33.5. The van der Waals surface area contributed by atoms with Gasteiger partial charge in [-0.15, -0.1) is 0 Å². The molecule has 10 aromatic rings. The van der Waals surface area contributed by atoms with Crippen molar-refractivity contribution in [3.05, 3.63) is 176 Å². The van der Waals surface area contributed by atoms with E-state index in [1.165, 1.54) is 33.3 Å². The maximum absolute atomic E-state index is 6.36. The number of pyridine rings is 1. The number of hydrogen-bond acceptors (Lipinski definition) is 3. The van der Waals surface area contributed by atoms with E-state index in [4.69, 9.17) is 9.40 Å². The van der Waals surface area contributed by atoms with Gasteiger partial charge in [-0.25, -0.2) is 4.98 Å². The van der Waals surface area contributed by atoms with Gasteiger partial charge in [0.2, 0.25) is 5.71 Å². The van der Waals surface area contributed by atoms with Gasteiger partial charge in [-0.3, -0.25) is 0 Å². The van der Waals surface area contributed by atoms with Crippen LogP contribution in [0, 0.1) is 0 Å². The molecule has 0 saturated carbocycles. The molecule has 0 unspecified atom stereocenters. The molecule has 4 nitrogen and oxygen atoms in total. The second kappa shape index (κ2) is 10.8. The molecular formula is C47H29N3O. The van der Waals surface area contributed by atoms with Crippen molar-refractivity contribution in [3.8, 4) is 39.2 Å². The highest BCUT2D eigenvalue weighted by molar-refractivity contribution is 6.19. The summed E-state index contributed by atoms with van der Waals surface area (Å²) in [5.41, 5.74) is 15.1. The number of nitrogens with zero attached hydrogens (tertiary/aromatic N) is 3. The highest BCUT2D eigenvalue weighted by Gasteiger charge is 2.31. The van der Waals surface area contributed by atoms with Crippen LogP contribution >= 0.6 is 0 Å². The van der Waals surface area contributed by atoms with Crippen LogP contribution in [-0.2, 0) is 0 Å². The van der Waals surface area contributed by atoms with E-state index in [2.05, 4.69) is 167 Å². The average molecular weight is 652 g/mol. The van der Waals surface area contributed by atoms with E-state index in [0.29, 0.717) is 5.71 Å². The lowest BCUT2D eigenvalue weighted by Gasteiger charge is -2.28. The fourth-order valence-electron chi connectivity index (χ4n) is 8.25. The van der Waals surface area contributed by atoms with Crippen molar-refractivity contribution in [3.63, 3.8) is 0 Å². The van der Waals surface area contributed by atoms with Crippen molar-refractivity contribution in [2.45, 2.75) is 0 Å². The molecule has 3 aromatic heterocycles. The van der Waals surface area contributed by atoms with E-state index in [1.54, 1.807) is 0 Å². The first-order valence-electron chi connectivity index (χ1n) is 17.3. The smallest absolute Gasteiger partial charge is 0.228 e. The fraction of sp³-hybridized carbons (Fsp3) is 0. The summed E-state index contributed by atoms with van der Waals surface area (Å²) in [4.78, 5) is 7.42. The first-order valence-corrected chi connectivity index (χ1v) is 17.3. The van der Waals surface area contributed by atoms with Gasteiger partial charge in [0, 0.05) is 49.8 Å². The molecule has 7 aromatic carbocycles. The summed E-state index contributed by atoms with van der Waals surface area (Å²) in [5, 5.41) is 4.43. The van der Waals surface area contributed by atoms with Crippen LogP contribution in [0.2, 0.25) is 0 Å². The van der Waals surface area contributed by atoms with Crippen molar-refractivity contribution in [1.82, 2.24) is 9.55 Å². The van der Waals surface area contributed by atoms with Crippen molar-refractivity contribution >= 4 is 60.9 Å². The van der Waals surface area contributed by atoms with Crippen LogP contribution in [-0.4, -0.2) is 9.55 Å². The molecule has 0 fully saturated rings. The first-order chi connectivity index (χ1) is 25.3. The largest absolute Gasteiger partial charge is 0.438 e. The predicted octanol–water partition coefficient (Wildman–Crippen LogP) is 12.9. The number of para-hydroxylation sites is 6. The van der Waals surface area contributed by atoms with Gasteiger partial charge < -0.3 is 13.9 Å². The molecule has 4 heteroatoms. The monoisotopic (exact) mass is 651 g/mol. The molecule has 0 spiro atoms. The molecular weight excluding hydrogens is 623 g/mol. The number of benzene rings is 7. The fourth-order valence-corrected chi connectivity index (χ4v) is 8.25. The molecule has 1 aliphatic rings. The number of aromatic nitrogens is 2. The molecule has 238 valence electrons. The summed E-state index contributed by atoms with van der Waals surface area (Å²) in [6.07, 6.45) is 0. The van der Waals surface area contributed by atoms with Crippen molar-refractivity contribution < 1.29 is 4.42 Å². The zero-order valence-electron chi connectivity index (χ0n) is 27.5. The Hall–Kier alpha value is -6.91. The lowest BCUT2D eigenvalue weighted by atomic mass is 9.95.